The maximum Gasteiger partial charge on any atom is 0.243 e. The molecule has 0 saturated heterocycles. The van der Waals surface area contributed by atoms with Crippen molar-refractivity contribution in [1.29, 1.82) is 0 Å². The van der Waals surface area contributed by atoms with Crippen molar-refractivity contribution >= 4 is 17.7 Å². The van der Waals surface area contributed by atoms with E-state index in [9.17, 15) is 14.4 Å². The number of carbonyl (C=O) groups is 3. The van der Waals surface area contributed by atoms with Crippen LogP contribution in [-0.4, -0.2) is 29.8 Å². The highest BCUT2D eigenvalue weighted by Gasteiger charge is 2.31. The molecule has 0 aromatic heterocycles. The Morgan fingerprint density at radius 3 is 2.30 bits per heavy atom. The molecule has 0 heterocycles. The summed E-state index contributed by atoms with van der Waals surface area (Å²) < 4.78 is 0. The highest BCUT2D eigenvalue weighted by molar-refractivity contribution is 5.91. The molecule has 1 aliphatic rings. The lowest BCUT2D eigenvalue weighted by Gasteiger charge is -2.21. The Labute approximate surface area is 135 Å². The van der Waals surface area contributed by atoms with Crippen molar-refractivity contribution in [3.8, 4) is 0 Å². The van der Waals surface area contributed by atoms with E-state index in [0.717, 1.165) is 18.4 Å². The predicted molar refractivity (Wildman–Crippen MR) is 86.2 cm³/mol. The SMILES string of the molecule is CC(=O)N[C@H](Cc1ccccc1)C(=O)N[C@@H](CC1CC1)C(N)=O. The maximum atomic E-state index is 12.5. The van der Waals surface area contributed by atoms with Crippen LogP contribution in [0.3, 0.4) is 0 Å². The van der Waals surface area contributed by atoms with Gasteiger partial charge in [0.25, 0.3) is 0 Å². The Bertz CT molecular complexity index is 570. The van der Waals surface area contributed by atoms with Gasteiger partial charge in [0.15, 0.2) is 0 Å². The number of amides is 3. The minimum atomic E-state index is -0.726. The monoisotopic (exact) mass is 317 g/mol. The van der Waals surface area contributed by atoms with Crippen molar-refractivity contribution in [1.82, 2.24) is 10.6 Å². The number of hydrogen-bond acceptors (Lipinski definition) is 3. The van der Waals surface area contributed by atoms with Gasteiger partial charge in [-0.2, -0.15) is 0 Å². The van der Waals surface area contributed by atoms with Crippen molar-refractivity contribution in [3.63, 3.8) is 0 Å². The average molecular weight is 317 g/mol. The van der Waals surface area contributed by atoms with Crippen LogP contribution in [0.15, 0.2) is 30.3 Å². The average Bonchev–Trinajstić information content (AvgIpc) is 3.30. The normalized spacial score (nSPS) is 16.2. The molecule has 124 valence electrons. The molecule has 6 heteroatoms. The lowest BCUT2D eigenvalue weighted by Crippen LogP contribution is -2.53. The third-order valence-electron chi connectivity index (χ3n) is 3.90. The fraction of sp³-hybridized carbons (Fsp3) is 0.471. The van der Waals surface area contributed by atoms with E-state index < -0.39 is 18.0 Å². The Kier molecular flexibility index (Phi) is 5.73. The van der Waals surface area contributed by atoms with Crippen molar-refractivity contribution in [2.75, 3.05) is 0 Å². The number of nitrogens with two attached hydrogens (primary N) is 1. The summed E-state index contributed by atoms with van der Waals surface area (Å²) in [5, 5.41) is 5.32. The Balaban J connectivity index is 2.02. The van der Waals surface area contributed by atoms with Gasteiger partial charge in [0.2, 0.25) is 17.7 Å². The fourth-order valence-electron chi connectivity index (χ4n) is 2.51. The van der Waals surface area contributed by atoms with Crippen molar-refractivity contribution in [2.45, 2.75) is 44.7 Å². The summed E-state index contributed by atoms with van der Waals surface area (Å²) in [6.45, 7) is 1.36. The second kappa shape index (κ2) is 7.76. The highest BCUT2D eigenvalue weighted by Crippen LogP contribution is 2.33. The largest absolute Gasteiger partial charge is 0.368 e. The zero-order valence-electron chi connectivity index (χ0n) is 13.2. The molecule has 2 atom stereocenters. The van der Waals surface area contributed by atoms with E-state index in [0.29, 0.717) is 18.8 Å². The van der Waals surface area contributed by atoms with Crippen LogP contribution in [0.5, 0.6) is 0 Å². The third-order valence-corrected chi connectivity index (χ3v) is 3.90. The summed E-state index contributed by atoms with van der Waals surface area (Å²) in [5.74, 6) is -0.750. The molecule has 23 heavy (non-hydrogen) atoms. The second-order valence-corrected chi connectivity index (χ2v) is 6.09. The quantitative estimate of drug-likeness (QED) is 0.651. The molecule has 1 aliphatic carbocycles. The van der Waals surface area contributed by atoms with Gasteiger partial charge in [0, 0.05) is 13.3 Å². The summed E-state index contributed by atoms with van der Waals surface area (Å²) in [6.07, 6.45) is 3.07. The fourth-order valence-corrected chi connectivity index (χ4v) is 2.51. The van der Waals surface area contributed by atoms with Crippen LogP contribution >= 0.6 is 0 Å². The Morgan fingerprint density at radius 1 is 1.13 bits per heavy atom. The van der Waals surface area contributed by atoms with Crippen molar-refractivity contribution in [2.24, 2.45) is 11.7 Å². The van der Waals surface area contributed by atoms with Crippen molar-refractivity contribution < 1.29 is 14.4 Å². The maximum absolute atomic E-state index is 12.5. The first-order chi connectivity index (χ1) is 11.0. The molecule has 0 bridgehead atoms. The van der Waals surface area contributed by atoms with Gasteiger partial charge in [-0.25, -0.2) is 0 Å². The van der Waals surface area contributed by atoms with E-state index in [1.807, 2.05) is 30.3 Å². The van der Waals surface area contributed by atoms with Gasteiger partial charge in [-0.05, 0) is 17.9 Å². The summed E-state index contributed by atoms with van der Waals surface area (Å²) in [7, 11) is 0. The van der Waals surface area contributed by atoms with Gasteiger partial charge in [-0.3, -0.25) is 14.4 Å². The summed E-state index contributed by atoms with van der Waals surface area (Å²) in [5.41, 5.74) is 6.30. The zero-order chi connectivity index (χ0) is 16.8. The van der Waals surface area contributed by atoms with Crippen molar-refractivity contribution in [3.05, 3.63) is 35.9 Å². The van der Waals surface area contributed by atoms with Crippen LogP contribution in [0.25, 0.3) is 0 Å². The number of benzene rings is 1. The van der Waals surface area contributed by atoms with E-state index in [1.165, 1.54) is 6.92 Å². The first kappa shape index (κ1) is 17.0. The topological polar surface area (TPSA) is 101 Å². The summed E-state index contributed by atoms with van der Waals surface area (Å²) in [4.78, 5) is 35.4. The number of primary amides is 1. The summed E-state index contributed by atoms with van der Waals surface area (Å²) >= 11 is 0. The summed E-state index contributed by atoms with van der Waals surface area (Å²) in [6, 6.07) is 8.00. The molecule has 1 fully saturated rings. The van der Waals surface area contributed by atoms with E-state index in [2.05, 4.69) is 10.6 Å². The van der Waals surface area contributed by atoms with E-state index >= 15 is 0 Å². The molecule has 3 amide bonds. The van der Waals surface area contributed by atoms with Crippen LogP contribution < -0.4 is 16.4 Å². The predicted octanol–water partition coefficient (Wildman–Crippen LogP) is 0.504. The van der Waals surface area contributed by atoms with Gasteiger partial charge in [0.05, 0.1) is 0 Å². The molecule has 6 nitrogen and oxygen atoms in total. The van der Waals surface area contributed by atoms with Crippen LogP contribution in [0.1, 0.15) is 31.7 Å². The first-order valence-electron chi connectivity index (χ1n) is 7.86. The molecule has 0 spiro atoms. The number of carbonyl (C=O) groups excluding carboxylic acids is 3. The van der Waals surface area contributed by atoms with Gasteiger partial charge < -0.3 is 16.4 Å². The molecule has 4 N–H and O–H groups in total. The van der Waals surface area contributed by atoms with Crippen LogP contribution in [-0.2, 0) is 20.8 Å². The van der Waals surface area contributed by atoms with Gasteiger partial charge in [-0.1, -0.05) is 43.2 Å². The smallest absolute Gasteiger partial charge is 0.243 e. The van der Waals surface area contributed by atoms with E-state index in [-0.39, 0.29) is 11.8 Å². The molecule has 0 radical (unpaired) electrons. The molecule has 1 aromatic rings. The Morgan fingerprint density at radius 2 is 1.78 bits per heavy atom. The third kappa shape index (κ3) is 5.73. The molecule has 2 rings (SSSR count). The van der Waals surface area contributed by atoms with E-state index in [1.54, 1.807) is 0 Å². The number of rotatable bonds is 8. The van der Waals surface area contributed by atoms with Gasteiger partial charge in [0.1, 0.15) is 12.1 Å². The minimum Gasteiger partial charge on any atom is -0.368 e. The first-order valence-corrected chi connectivity index (χ1v) is 7.86. The number of nitrogens with one attached hydrogen (secondary N) is 2. The molecular formula is C17H23N3O3. The molecular weight excluding hydrogens is 294 g/mol. The van der Waals surface area contributed by atoms with Gasteiger partial charge >= 0.3 is 0 Å². The molecule has 1 aromatic carbocycles. The minimum absolute atomic E-state index is 0.293. The van der Waals surface area contributed by atoms with Crippen LogP contribution in [0.4, 0.5) is 0 Å². The number of hydrogen-bond donors (Lipinski definition) is 3. The molecule has 0 unspecified atom stereocenters. The molecule has 1 saturated carbocycles. The standard InChI is InChI=1S/C17H23N3O3/c1-11(21)19-15(10-12-5-3-2-4-6-12)17(23)20-14(16(18)22)9-13-7-8-13/h2-6,13-15H,7-10H2,1H3,(H2,18,22)(H,19,21)(H,20,23)/t14-,15+/m0/s1. The lowest BCUT2D eigenvalue weighted by molar-refractivity contribution is -0.131. The molecule has 0 aliphatic heterocycles. The van der Waals surface area contributed by atoms with Gasteiger partial charge in [-0.15, -0.1) is 0 Å². The van der Waals surface area contributed by atoms with Crippen LogP contribution in [0.2, 0.25) is 0 Å². The second-order valence-electron chi connectivity index (χ2n) is 6.09. The zero-order valence-corrected chi connectivity index (χ0v) is 13.2. The lowest BCUT2D eigenvalue weighted by atomic mass is 10.0. The van der Waals surface area contributed by atoms with E-state index in [4.69, 9.17) is 5.73 Å². The Hall–Kier alpha value is -2.37. The van der Waals surface area contributed by atoms with Crippen LogP contribution in [0, 0.1) is 5.92 Å². The highest BCUT2D eigenvalue weighted by atomic mass is 16.2.